The van der Waals surface area contributed by atoms with E-state index in [2.05, 4.69) is 104 Å². The molecule has 2 fully saturated rings. The van der Waals surface area contributed by atoms with Crippen molar-refractivity contribution in [3.05, 3.63) is 114 Å². The minimum atomic E-state index is -0.0314. The Bertz CT molecular complexity index is 1660. The molecule has 5 aromatic carbocycles. The van der Waals surface area contributed by atoms with Crippen LogP contribution in [0.15, 0.2) is 97.1 Å². The summed E-state index contributed by atoms with van der Waals surface area (Å²) in [6, 6.07) is 36.9. The van der Waals surface area contributed by atoms with Crippen LogP contribution in [0.5, 0.6) is 0 Å². The number of hydrogen-bond donors (Lipinski definition) is 0. The fourth-order valence-electron chi connectivity index (χ4n) is 8.09. The van der Waals surface area contributed by atoms with Gasteiger partial charge < -0.3 is 0 Å². The molecular formula is C41H46P2. The highest BCUT2D eigenvalue weighted by Gasteiger charge is 2.32. The van der Waals surface area contributed by atoms with Crippen molar-refractivity contribution in [1.82, 2.24) is 0 Å². The van der Waals surface area contributed by atoms with E-state index >= 15 is 0 Å². The van der Waals surface area contributed by atoms with E-state index in [1.54, 1.807) is 5.56 Å². The van der Waals surface area contributed by atoms with Gasteiger partial charge in [-0.2, -0.15) is 0 Å². The molecular weight excluding hydrogens is 554 g/mol. The lowest BCUT2D eigenvalue weighted by Gasteiger charge is -2.39. The van der Waals surface area contributed by atoms with Gasteiger partial charge >= 0.3 is 0 Å². The monoisotopic (exact) mass is 600 g/mol. The van der Waals surface area contributed by atoms with Crippen molar-refractivity contribution in [3.63, 3.8) is 0 Å². The highest BCUT2D eigenvalue weighted by atomic mass is 31.1. The SMILES string of the molecule is Cc1c(CPc2ccccc2)cc2ccccc2c1-c1c(CP(C2CCCCC2)C2CCCCC2)ccc2ccccc12. The van der Waals surface area contributed by atoms with Crippen molar-refractivity contribution in [2.75, 3.05) is 0 Å². The van der Waals surface area contributed by atoms with Crippen LogP contribution < -0.4 is 5.30 Å². The van der Waals surface area contributed by atoms with Crippen molar-refractivity contribution < 1.29 is 0 Å². The van der Waals surface area contributed by atoms with E-state index in [9.17, 15) is 0 Å². The third-order valence-electron chi connectivity index (χ3n) is 10.4. The molecule has 0 saturated heterocycles. The maximum Gasteiger partial charge on any atom is -0.00571 e. The molecule has 2 heteroatoms. The average molecular weight is 601 g/mol. The molecule has 2 aliphatic rings. The van der Waals surface area contributed by atoms with E-state index in [1.807, 2.05) is 0 Å². The summed E-state index contributed by atoms with van der Waals surface area (Å²) in [7, 11) is 0.755. The van der Waals surface area contributed by atoms with Crippen molar-refractivity contribution in [3.8, 4) is 11.1 Å². The fourth-order valence-corrected chi connectivity index (χ4v) is 13.1. The zero-order valence-corrected chi connectivity index (χ0v) is 27.7. The summed E-state index contributed by atoms with van der Waals surface area (Å²) in [6.07, 6.45) is 17.0. The molecule has 5 aromatic rings. The first-order valence-electron chi connectivity index (χ1n) is 16.8. The van der Waals surface area contributed by atoms with Crippen LogP contribution in [0.2, 0.25) is 0 Å². The predicted molar refractivity (Wildman–Crippen MR) is 194 cm³/mol. The second kappa shape index (κ2) is 13.6. The molecule has 0 radical (unpaired) electrons. The molecule has 2 saturated carbocycles. The van der Waals surface area contributed by atoms with E-state index in [1.165, 1.54) is 119 Å². The molecule has 1 atom stereocenters. The normalized spacial score (nSPS) is 17.1. The first-order chi connectivity index (χ1) is 21.3. The van der Waals surface area contributed by atoms with Gasteiger partial charge in [0.1, 0.15) is 0 Å². The van der Waals surface area contributed by atoms with Gasteiger partial charge in [0.2, 0.25) is 0 Å². The molecule has 0 nitrogen and oxygen atoms in total. The Hall–Kier alpha value is -2.52. The second-order valence-corrected chi connectivity index (χ2v) is 17.1. The van der Waals surface area contributed by atoms with Crippen LogP contribution in [-0.2, 0) is 12.3 Å². The standard InChI is InChI=1S/C41H46P2/c1-30-34(28-42-35-17-5-2-6-18-35)27-32-16-12-14-24-39(32)40(30)41-33(26-25-31-15-11-13-23-38(31)41)29-43(36-19-7-3-8-20-36)37-21-9-4-10-22-37/h2,5-6,11-18,23-27,36-37,42H,3-4,7-10,19-22,28-29H2,1H3. The van der Waals surface area contributed by atoms with Gasteiger partial charge in [-0.1, -0.05) is 152 Å². The summed E-state index contributed by atoms with van der Waals surface area (Å²) >= 11 is 0. The molecule has 0 amide bonds. The van der Waals surface area contributed by atoms with E-state index in [0.29, 0.717) is 0 Å². The largest absolute Gasteiger partial charge is 0.0958 e. The summed E-state index contributed by atoms with van der Waals surface area (Å²) in [6.45, 7) is 2.42. The maximum atomic E-state index is 2.55. The van der Waals surface area contributed by atoms with Gasteiger partial charge in [-0.25, -0.2) is 0 Å². The van der Waals surface area contributed by atoms with E-state index in [-0.39, 0.29) is 7.92 Å². The number of benzene rings is 5. The Kier molecular flexibility index (Phi) is 9.26. The smallest absolute Gasteiger partial charge is 0.00571 e. The second-order valence-electron chi connectivity index (χ2n) is 13.1. The minimum Gasteiger partial charge on any atom is -0.0958 e. The molecule has 220 valence electrons. The third-order valence-corrected chi connectivity index (χ3v) is 15.3. The summed E-state index contributed by atoms with van der Waals surface area (Å²) in [5.41, 5.74) is 9.58. The molecule has 0 spiro atoms. The molecule has 2 aliphatic carbocycles. The lowest BCUT2D eigenvalue weighted by Crippen LogP contribution is -2.21. The van der Waals surface area contributed by atoms with Gasteiger partial charge in [0.25, 0.3) is 0 Å². The van der Waals surface area contributed by atoms with E-state index < -0.39 is 0 Å². The highest BCUT2D eigenvalue weighted by Crippen LogP contribution is 2.59. The minimum absolute atomic E-state index is 0.0314. The van der Waals surface area contributed by atoms with Crippen LogP contribution in [0, 0.1) is 6.92 Å². The van der Waals surface area contributed by atoms with Crippen molar-refractivity contribution in [2.24, 2.45) is 0 Å². The highest BCUT2D eigenvalue weighted by molar-refractivity contribution is 7.58. The van der Waals surface area contributed by atoms with Crippen molar-refractivity contribution in [1.29, 1.82) is 0 Å². The molecule has 0 aromatic heterocycles. The summed E-state index contributed by atoms with van der Waals surface area (Å²) < 4.78 is 0. The first kappa shape index (κ1) is 29.2. The van der Waals surface area contributed by atoms with Crippen molar-refractivity contribution >= 4 is 43.4 Å². The Morgan fingerprint density at radius 1 is 0.581 bits per heavy atom. The van der Waals surface area contributed by atoms with Crippen LogP contribution in [0.1, 0.15) is 80.9 Å². The Balaban J connectivity index is 1.38. The zero-order chi connectivity index (χ0) is 29.0. The number of rotatable bonds is 8. The Morgan fingerprint density at radius 2 is 1.16 bits per heavy atom. The molecule has 0 bridgehead atoms. The van der Waals surface area contributed by atoms with Crippen molar-refractivity contribution in [2.45, 2.75) is 94.8 Å². The Morgan fingerprint density at radius 3 is 1.84 bits per heavy atom. The van der Waals surface area contributed by atoms with Crippen LogP contribution in [-0.4, -0.2) is 11.3 Å². The summed E-state index contributed by atoms with van der Waals surface area (Å²) in [5, 5.41) is 7.08. The molecule has 0 aliphatic heterocycles. The molecule has 1 unspecified atom stereocenters. The van der Waals surface area contributed by atoms with E-state index in [4.69, 9.17) is 0 Å². The maximum absolute atomic E-state index is 2.55. The topological polar surface area (TPSA) is 0 Å². The quantitative estimate of drug-likeness (QED) is 0.155. The number of fused-ring (bicyclic) bond motifs is 2. The molecule has 7 rings (SSSR count). The lowest BCUT2D eigenvalue weighted by atomic mass is 9.86. The Labute approximate surface area is 262 Å². The fraction of sp³-hybridized carbons (Fsp3) is 0.366. The first-order valence-corrected chi connectivity index (χ1v) is 19.7. The molecule has 0 heterocycles. The van der Waals surface area contributed by atoms with Gasteiger partial charge in [0.15, 0.2) is 0 Å². The zero-order valence-electron chi connectivity index (χ0n) is 25.8. The van der Waals surface area contributed by atoms with Crippen LogP contribution >= 0.6 is 16.5 Å². The van der Waals surface area contributed by atoms with Gasteiger partial charge in [-0.05, 0) is 111 Å². The predicted octanol–water partition coefficient (Wildman–Crippen LogP) is 12.1. The van der Waals surface area contributed by atoms with Crippen LogP contribution in [0.4, 0.5) is 0 Å². The molecule has 0 N–H and O–H groups in total. The number of hydrogen-bond acceptors (Lipinski definition) is 0. The van der Waals surface area contributed by atoms with Gasteiger partial charge in [-0.3, -0.25) is 0 Å². The van der Waals surface area contributed by atoms with Gasteiger partial charge in [0.05, 0.1) is 0 Å². The van der Waals surface area contributed by atoms with Gasteiger partial charge in [0, 0.05) is 0 Å². The summed E-state index contributed by atoms with van der Waals surface area (Å²) in [4.78, 5) is 0. The van der Waals surface area contributed by atoms with E-state index in [0.717, 1.165) is 26.1 Å². The summed E-state index contributed by atoms with van der Waals surface area (Å²) in [5.74, 6) is 0. The van der Waals surface area contributed by atoms with Crippen LogP contribution in [0.3, 0.4) is 0 Å². The average Bonchev–Trinajstić information content (AvgIpc) is 3.08. The molecule has 43 heavy (non-hydrogen) atoms. The third kappa shape index (κ3) is 6.35. The lowest BCUT2D eigenvalue weighted by molar-refractivity contribution is 0.484. The van der Waals surface area contributed by atoms with Gasteiger partial charge in [-0.15, -0.1) is 0 Å². The van der Waals surface area contributed by atoms with Crippen LogP contribution in [0.25, 0.3) is 32.7 Å².